The van der Waals surface area contributed by atoms with Crippen LogP contribution >= 0.6 is 0 Å². The van der Waals surface area contributed by atoms with Crippen LogP contribution in [-0.4, -0.2) is 77.4 Å². The smallest absolute Gasteiger partial charge is 0.410 e. The van der Waals surface area contributed by atoms with Crippen molar-refractivity contribution in [2.24, 2.45) is 0 Å². The van der Waals surface area contributed by atoms with E-state index in [1.807, 2.05) is 137 Å². The first-order chi connectivity index (χ1) is 30.9. The van der Waals surface area contributed by atoms with Gasteiger partial charge < -0.3 is 33.9 Å². The van der Waals surface area contributed by atoms with Gasteiger partial charge in [-0.1, -0.05) is 73.7 Å². The molecule has 0 aromatic heterocycles. The highest BCUT2D eigenvalue weighted by molar-refractivity contribution is 5.93. The number of ether oxygens (including phenoxy) is 4. The Hall–Kier alpha value is -6.36. The Morgan fingerprint density at radius 3 is 1.37 bits per heavy atom. The fraction of sp³-hybridized carbons (Fsp3) is 0.407. The van der Waals surface area contributed by atoms with Crippen molar-refractivity contribution in [3.8, 4) is 11.5 Å². The third-order valence-electron chi connectivity index (χ3n) is 11.3. The molecule has 2 amide bonds. The molecule has 1 N–H and O–H groups in total. The van der Waals surface area contributed by atoms with Gasteiger partial charge in [-0.15, -0.1) is 0 Å². The topological polar surface area (TPSA) is 132 Å². The zero-order chi connectivity index (χ0) is 47.3. The summed E-state index contributed by atoms with van der Waals surface area (Å²) in [4.78, 5) is 52.5. The first-order valence-corrected chi connectivity index (χ1v) is 22.5. The third kappa shape index (κ3) is 14.8. The monoisotopic (exact) mass is 886 g/mol. The molecule has 2 aliphatic rings. The molecule has 2 aliphatic carbocycles. The Balaban J connectivity index is 0.000000244. The molecule has 4 aromatic carbocycles. The molecule has 2 unspecified atom stereocenters. The van der Waals surface area contributed by atoms with Gasteiger partial charge in [-0.2, -0.15) is 0 Å². The average molecular weight is 887 g/mol. The van der Waals surface area contributed by atoms with Crippen molar-refractivity contribution < 1.29 is 43.2 Å². The first kappa shape index (κ1) is 49.7. The zero-order valence-electron chi connectivity index (χ0n) is 39.5. The van der Waals surface area contributed by atoms with Gasteiger partial charge in [0.1, 0.15) is 22.7 Å². The number of carbonyl (C=O) groups excluding carboxylic acids is 3. The minimum absolute atomic E-state index is 0.0246. The molecule has 6 rings (SSSR count). The largest absolute Gasteiger partial charge is 0.497 e. The number of fused-ring (bicyclic) bond motifs is 2. The van der Waals surface area contributed by atoms with E-state index in [0.717, 1.165) is 88.6 Å². The number of benzene rings is 4. The van der Waals surface area contributed by atoms with Crippen molar-refractivity contribution in [1.82, 2.24) is 9.80 Å². The number of carboxylic acid groups (broad SMARTS) is 1. The van der Waals surface area contributed by atoms with Crippen LogP contribution < -0.4 is 9.47 Å². The molecule has 11 heteroatoms. The third-order valence-corrected chi connectivity index (χ3v) is 11.3. The predicted octanol–water partition coefficient (Wildman–Crippen LogP) is 11.4. The maximum Gasteiger partial charge on any atom is 0.410 e. The molecule has 4 aromatic rings. The lowest BCUT2D eigenvalue weighted by Crippen LogP contribution is -2.40. The van der Waals surface area contributed by atoms with E-state index in [4.69, 9.17) is 24.1 Å². The fourth-order valence-electron chi connectivity index (χ4n) is 8.03. The van der Waals surface area contributed by atoms with Crippen LogP contribution in [0.4, 0.5) is 9.59 Å². The zero-order valence-corrected chi connectivity index (χ0v) is 39.5. The summed E-state index contributed by atoms with van der Waals surface area (Å²) in [5.41, 5.74) is 7.60. The van der Waals surface area contributed by atoms with Crippen molar-refractivity contribution in [1.29, 1.82) is 0 Å². The Bertz CT molecular complexity index is 2320. The van der Waals surface area contributed by atoms with Crippen LogP contribution in [-0.2, 0) is 44.7 Å². The molecule has 65 heavy (non-hydrogen) atoms. The maximum atomic E-state index is 13.2. The quantitative estimate of drug-likeness (QED) is 0.116. The summed E-state index contributed by atoms with van der Waals surface area (Å²) < 4.78 is 22.0. The highest BCUT2D eigenvalue weighted by Crippen LogP contribution is 2.39. The Kier molecular flexibility index (Phi) is 17.2. The summed E-state index contributed by atoms with van der Waals surface area (Å²) in [5.74, 6) is 0.759. The van der Waals surface area contributed by atoms with Crippen LogP contribution in [0, 0.1) is 0 Å². The van der Waals surface area contributed by atoms with E-state index in [1.165, 1.54) is 5.56 Å². The number of aryl methyl sites for hydroxylation is 2. The second kappa shape index (κ2) is 22.5. The van der Waals surface area contributed by atoms with Gasteiger partial charge in [0, 0.05) is 25.6 Å². The van der Waals surface area contributed by atoms with Gasteiger partial charge in [0.25, 0.3) is 0 Å². The molecule has 0 saturated carbocycles. The Labute approximate surface area is 385 Å². The lowest BCUT2D eigenvalue weighted by Gasteiger charge is -2.32. The van der Waals surface area contributed by atoms with Crippen LogP contribution in [0.3, 0.4) is 0 Å². The van der Waals surface area contributed by atoms with Gasteiger partial charge in [0.15, 0.2) is 5.78 Å². The number of ketones is 1. The molecule has 11 nitrogen and oxygen atoms in total. The molecule has 346 valence electrons. The van der Waals surface area contributed by atoms with E-state index in [0.29, 0.717) is 25.9 Å². The van der Waals surface area contributed by atoms with Crippen molar-refractivity contribution in [2.45, 2.75) is 117 Å². The summed E-state index contributed by atoms with van der Waals surface area (Å²) >= 11 is 0. The fourth-order valence-corrected chi connectivity index (χ4v) is 8.03. The van der Waals surface area contributed by atoms with E-state index in [9.17, 15) is 19.2 Å². The second-order valence-corrected chi connectivity index (χ2v) is 18.4. The molecule has 0 bridgehead atoms. The minimum atomic E-state index is -0.974. The van der Waals surface area contributed by atoms with Crippen molar-refractivity contribution in [3.63, 3.8) is 0 Å². The van der Waals surface area contributed by atoms with Crippen LogP contribution in [0.25, 0.3) is 12.2 Å². The summed E-state index contributed by atoms with van der Waals surface area (Å²) in [6.45, 7) is 14.3. The van der Waals surface area contributed by atoms with Crippen molar-refractivity contribution >= 4 is 36.1 Å². The molecule has 0 spiro atoms. The number of hydrogen-bond acceptors (Lipinski definition) is 8. The van der Waals surface area contributed by atoms with E-state index >= 15 is 0 Å². The van der Waals surface area contributed by atoms with E-state index in [1.54, 1.807) is 26.4 Å². The van der Waals surface area contributed by atoms with E-state index < -0.39 is 17.2 Å². The predicted molar refractivity (Wildman–Crippen MR) is 255 cm³/mol. The molecule has 2 atom stereocenters. The number of nitrogens with zero attached hydrogens (tertiary/aromatic N) is 2. The van der Waals surface area contributed by atoms with Gasteiger partial charge >= 0.3 is 18.2 Å². The first-order valence-electron chi connectivity index (χ1n) is 22.5. The normalized spacial score (nSPS) is 15.4. The van der Waals surface area contributed by atoms with Crippen LogP contribution in [0.5, 0.6) is 11.5 Å². The van der Waals surface area contributed by atoms with Crippen LogP contribution in [0.15, 0.2) is 97.1 Å². The lowest BCUT2D eigenvalue weighted by molar-refractivity contribution is -0.131. The number of hydrogen-bond donors (Lipinski definition) is 1. The number of amides is 2. The van der Waals surface area contributed by atoms with Crippen molar-refractivity contribution in [3.05, 3.63) is 142 Å². The molecule has 0 saturated heterocycles. The number of allylic oxidation sites excluding steroid dienone is 1. The Morgan fingerprint density at radius 1 is 0.615 bits per heavy atom. The van der Waals surface area contributed by atoms with Gasteiger partial charge in [0.05, 0.1) is 26.3 Å². The second-order valence-electron chi connectivity index (χ2n) is 18.4. The van der Waals surface area contributed by atoms with Gasteiger partial charge in [-0.25, -0.2) is 14.4 Å². The molecule has 0 heterocycles. The Morgan fingerprint density at radius 2 is 1.02 bits per heavy atom. The highest BCUT2D eigenvalue weighted by atomic mass is 16.6. The van der Waals surface area contributed by atoms with Crippen LogP contribution in [0.1, 0.15) is 124 Å². The highest BCUT2D eigenvalue weighted by Gasteiger charge is 2.35. The molecular formula is C54H66N2O9. The van der Waals surface area contributed by atoms with E-state index in [-0.39, 0.29) is 30.1 Å². The van der Waals surface area contributed by atoms with Crippen molar-refractivity contribution in [2.75, 3.05) is 27.3 Å². The average Bonchev–Trinajstić information content (AvgIpc) is 3.88. The number of methoxy groups -OCH3 is 2. The molecule has 0 aliphatic heterocycles. The summed E-state index contributed by atoms with van der Waals surface area (Å²) in [6.07, 6.45) is 11.0. The summed E-state index contributed by atoms with van der Waals surface area (Å²) in [5, 5.41) is 8.87. The number of rotatable bonds is 15. The molecule has 0 radical (unpaired) electrons. The minimum Gasteiger partial charge on any atom is -0.497 e. The number of carboxylic acids is 1. The SMILES string of the molecule is CCC(=O)/C=C/c1ccc2c(c1)CCC2N(CCc1ccc(OC)cc1)C(=O)OC(C)(C)C.COc1ccc(CCN(C(=O)OC(C)(C)C)C2CCc3cc(/C=C/C(=O)O)ccc32)cc1. The van der Waals surface area contributed by atoms with Gasteiger partial charge in [-0.3, -0.25) is 4.79 Å². The van der Waals surface area contributed by atoms with E-state index in [2.05, 4.69) is 12.1 Å². The molecular weight excluding hydrogens is 821 g/mol. The number of aliphatic carboxylic acids is 1. The maximum absolute atomic E-state index is 13.2. The summed E-state index contributed by atoms with van der Waals surface area (Å²) in [6, 6.07) is 27.9. The van der Waals surface area contributed by atoms with Crippen LogP contribution in [0.2, 0.25) is 0 Å². The molecule has 0 fully saturated rings. The van der Waals surface area contributed by atoms with Gasteiger partial charge in [-0.05, 0) is 161 Å². The standard InChI is InChI=1S/C28H35NO4.C26H31NO5/c1-6-23(30)12-7-21-10-15-25-22(19-21)11-16-26(25)29(27(31)33-28(2,3)4)18-17-20-8-13-24(32-5)14-9-20;1-26(2,3)32-25(30)27(16-15-18-5-10-21(31-4)11-6-18)23-13-9-20-17-19(7-12-22(20)23)8-14-24(28)29/h7-10,12-15,19,26H,6,11,16-18H2,1-5H3;5-8,10-12,14,17,23H,9,13,15-16H2,1-4H3,(H,28,29)/b12-7+;14-8+. The number of carbonyl (C=O) groups is 4. The summed E-state index contributed by atoms with van der Waals surface area (Å²) in [7, 11) is 3.29. The van der Waals surface area contributed by atoms with Gasteiger partial charge in [0.2, 0.25) is 0 Å². The lowest BCUT2D eigenvalue weighted by atomic mass is 10.0.